The van der Waals surface area contributed by atoms with Crippen LogP contribution in [0.25, 0.3) is 0 Å². The molecule has 1 fully saturated rings. The number of nitrogens with zero attached hydrogens (tertiary/aromatic N) is 3. The highest BCUT2D eigenvalue weighted by molar-refractivity contribution is 5.89. The van der Waals surface area contributed by atoms with E-state index in [2.05, 4.69) is 10.4 Å². The third-order valence-electron chi connectivity index (χ3n) is 3.15. The Kier molecular flexibility index (Phi) is 3.66. The van der Waals surface area contributed by atoms with E-state index in [4.69, 9.17) is 0 Å². The molecule has 0 aliphatic carbocycles. The highest BCUT2D eigenvalue weighted by Gasteiger charge is 2.16. The summed E-state index contributed by atoms with van der Waals surface area (Å²) >= 11 is 0. The van der Waals surface area contributed by atoms with Crippen molar-refractivity contribution in [2.24, 2.45) is 7.05 Å². The smallest absolute Gasteiger partial charge is 0.321 e. The third-order valence-corrected chi connectivity index (χ3v) is 3.15. The van der Waals surface area contributed by atoms with E-state index in [-0.39, 0.29) is 6.03 Å². The average Bonchev–Trinajstić information content (AvgIpc) is 2.54. The van der Waals surface area contributed by atoms with Gasteiger partial charge in [0.15, 0.2) is 0 Å². The molecule has 1 N–H and O–H groups in total. The van der Waals surface area contributed by atoms with Crippen LogP contribution in [-0.2, 0) is 7.05 Å². The molecule has 0 unspecified atom stereocenters. The molecule has 0 atom stereocenters. The number of aryl methyl sites for hydroxylation is 2. The number of anilines is 1. The maximum atomic E-state index is 12.1. The summed E-state index contributed by atoms with van der Waals surface area (Å²) < 4.78 is 1.72. The fraction of sp³-hybridized carbons (Fsp3) is 0.667. The standard InChI is InChI=1S/C12H20N4O/c1-10-11(9-15(2)14-10)13-12(17)16-7-5-3-4-6-8-16/h9H,3-8H2,1-2H3,(H,13,17). The minimum Gasteiger partial charge on any atom is -0.325 e. The fourth-order valence-electron chi connectivity index (χ4n) is 2.19. The van der Waals surface area contributed by atoms with Crippen LogP contribution in [0.5, 0.6) is 0 Å². The maximum Gasteiger partial charge on any atom is 0.321 e. The predicted molar refractivity (Wildman–Crippen MR) is 67.0 cm³/mol. The summed E-state index contributed by atoms with van der Waals surface area (Å²) in [4.78, 5) is 14.0. The first-order valence-electron chi connectivity index (χ1n) is 6.23. The molecule has 5 heteroatoms. The van der Waals surface area contributed by atoms with E-state index in [1.54, 1.807) is 4.68 Å². The Balaban J connectivity index is 1.98. The molecule has 0 radical (unpaired) electrons. The van der Waals surface area contributed by atoms with E-state index < -0.39 is 0 Å². The lowest BCUT2D eigenvalue weighted by molar-refractivity contribution is 0.213. The lowest BCUT2D eigenvalue weighted by atomic mass is 10.2. The van der Waals surface area contributed by atoms with Crippen molar-refractivity contribution in [2.45, 2.75) is 32.6 Å². The van der Waals surface area contributed by atoms with Gasteiger partial charge in [0.1, 0.15) is 0 Å². The Morgan fingerprint density at radius 2 is 1.94 bits per heavy atom. The van der Waals surface area contributed by atoms with Gasteiger partial charge in [-0.15, -0.1) is 0 Å². The zero-order valence-electron chi connectivity index (χ0n) is 10.6. The summed E-state index contributed by atoms with van der Waals surface area (Å²) in [5.41, 5.74) is 1.66. The van der Waals surface area contributed by atoms with Gasteiger partial charge in [-0.25, -0.2) is 4.79 Å². The summed E-state index contributed by atoms with van der Waals surface area (Å²) in [7, 11) is 1.86. The maximum absolute atomic E-state index is 12.1. The van der Waals surface area contributed by atoms with Gasteiger partial charge < -0.3 is 10.2 Å². The van der Waals surface area contributed by atoms with E-state index >= 15 is 0 Å². The molecule has 0 spiro atoms. The molecule has 17 heavy (non-hydrogen) atoms. The molecule has 0 saturated carbocycles. The van der Waals surface area contributed by atoms with Gasteiger partial charge in [0, 0.05) is 26.3 Å². The Morgan fingerprint density at radius 1 is 1.29 bits per heavy atom. The predicted octanol–water partition coefficient (Wildman–Crippen LogP) is 2.14. The molecule has 1 saturated heterocycles. The summed E-state index contributed by atoms with van der Waals surface area (Å²) in [5, 5.41) is 7.14. The average molecular weight is 236 g/mol. The number of likely N-dealkylation sites (tertiary alicyclic amines) is 1. The van der Waals surface area contributed by atoms with Gasteiger partial charge in [0.2, 0.25) is 0 Å². The van der Waals surface area contributed by atoms with Crippen LogP contribution in [0.15, 0.2) is 6.20 Å². The number of aromatic nitrogens is 2. The first kappa shape index (κ1) is 12.0. The summed E-state index contributed by atoms with van der Waals surface area (Å²) in [6.07, 6.45) is 6.52. The Bertz CT molecular complexity index is 391. The Labute approximate surface area is 102 Å². The second-order valence-corrected chi connectivity index (χ2v) is 4.63. The molecular weight excluding hydrogens is 216 g/mol. The highest BCUT2D eigenvalue weighted by Crippen LogP contribution is 2.14. The number of carbonyl (C=O) groups excluding carboxylic acids is 1. The van der Waals surface area contributed by atoms with E-state index in [0.717, 1.165) is 37.3 Å². The zero-order chi connectivity index (χ0) is 12.3. The molecular formula is C12H20N4O. The van der Waals surface area contributed by atoms with Gasteiger partial charge in [0.25, 0.3) is 0 Å². The molecule has 0 aromatic carbocycles. The van der Waals surface area contributed by atoms with E-state index in [9.17, 15) is 4.79 Å². The van der Waals surface area contributed by atoms with Crippen molar-refractivity contribution in [1.29, 1.82) is 0 Å². The monoisotopic (exact) mass is 236 g/mol. The number of hydrogen-bond acceptors (Lipinski definition) is 2. The SMILES string of the molecule is Cc1nn(C)cc1NC(=O)N1CCCCCC1. The van der Waals surface area contributed by atoms with Crippen LogP contribution in [0.3, 0.4) is 0 Å². The van der Waals surface area contributed by atoms with E-state index in [1.807, 2.05) is 25.1 Å². The van der Waals surface area contributed by atoms with Crippen molar-refractivity contribution in [3.8, 4) is 0 Å². The van der Waals surface area contributed by atoms with Crippen molar-refractivity contribution >= 4 is 11.7 Å². The molecule has 0 bridgehead atoms. The van der Waals surface area contributed by atoms with Gasteiger partial charge >= 0.3 is 6.03 Å². The van der Waals surface area contributed by atoms with E-state index in [1.165, 1.54) is 12.8 Å². The molecule has 94 valence electrons. The van der Waals surface area contributed by atoms with Crippen LogP contribution < -0.4 is 5.32 Å². The minimum atomic E-state index is 0.00278. The first-order chi connectivity index (χ1) is 8.16. The normalized spacial score (nSPS) is 16.7. The summed E-state index contributed by atoms with van der Waals surface area (Å²) in [6, 6.07) is 0.00278. The minimum absolute atomic E-state index is 0.00278. The lowest BCUT2D eigenvalue weighted by Gasteiger charge is -2.20. The summed E-state index contributed by atoms with van der Waals surface area (Å²) in [5.74, 6) is 0. The van der Waals surface area contributed by atoms with Crippen LogP contribution in [-0.4, -0.2) is 33.8 Å². The van der Waals surface area contributed by atoms with Gasteiger partial charge in [-0.3, -0.25) is 4.68 Å². The second kappa shape index (κ2) is 5.21. The lowest BCUT2D eigenvalue weighted by Crippen LogP contribution is -2.35. The first-order valence-corrected chi connectivity index (χ1v) is 6.23. The number of carbonyl (C=O) groups is 1. The van der Waals surface area contributed by atoms with Crippen LogP contribution in [0, 0.1) is 6.92 Å². The number of urea groups is 1. The second-order valence-electron chi connectivity index (χ2n) is 4.63. The molecule has 2 heterocycles. The molecule has 2 amide bonds. The molecule has 5 nitrogen and oxygen atoms in total. The van der Waals surface area contributed by atoms with Gasteiger partial charge in [-0.2, -0.15) is 5.10 Å². The van der Waals surface area contributed by atoms with Crippen molar-refractivity contribution in [1.82, 2.24) is 14.7 Å². The largest absolute Gasteiger partial charge is 0.325 e. The van der Waals surface area contributed by atoms with Gasteiger partial charge in [-0.1, -0.05) is 12.8 Å². The molecule has 2 rings (SSSR count). The van der Waals surface area contributed by atoms with E-state index in [0.29, 0.717) is 0 Å². The number of nitrogens with one attached hydrogen (secondary N) is 1. The Hall–Kier alpha value is -1.52. The fourth-order valence-corrected chi connectivity index (χ4v) is 2.19. The van der Waals surface area contributed by atoms with Gasteiger partial charge in [-0.05, 0) is 19.8 Å². The number of rotatable bonds is 1. The molecule has 1 aromatic heterocycles. The van der Waals surface area contributed by atoms with Crippen LogP contribution in [0.1, 0.15) is 31.4 Å². The van der Waals surface area contributed by atoms with Crippen LogP contribution in [0.4, 0.5) is 10.5 Å². The van der Waals surface area contributed by atoms with Crippen LogP contribution >= 0.6 is 0 Å². The van der Waals surface area contributed by atoms with Crippen molar-refractivity contribution < 1.29 is 4.79 Å². The number of hydrogen-bond donors (Lipinski definition) is 1. The molecule has 1 aliphatic heterocycles. The quantitative estimate of drug-likeness (QED) is 0.812. The topological polar surface area (TPSA) is 50.2 Å². The van der Waals surface area contributed by atoms with Gasteiger partial charge in [0.05, 0.1) is 11.4 Å². The van der Waals surface area contributed by atoms with Crippen molar-refractivity contribution in [3.63, 3.8) is 0 Å². The molecule has 1 aliphatic rings. The van der Waals surface area contributed by atoms with Crippen molar-refractivity contribution in [2.75, 3.05) is 18.4 Å². The third kappa shape index (κ3) is 2.99. The number of amides is 2. The molecule has 1 aromatic rings. The highest BCUT2D eigenvalue weighted by atomic mass is 16.2. The zero-order valence-corrected chi connectivity index (χ0v) is 10.6. The van der Waals surface area contributed by atoms with Crippen molar-refractivity contribution in [3.05, 3.63) is 11.9 Å². The van der Waals surface area contributed by atoms with Crippen LogP contribution in [0.2, 0.25) is 0 Å². The summed E-state index contributed by atoms with van der Waals surface area (Å²) in [6.45, 7) is 3.63. The Morgan fingerprint density at radius 3 is 2.47 bits per heavy atom.